The van der Waals surface area contributed by atoms with Crippen LogP contribution in [0.1, 0.15) is 66.8 Å². The SMILES string of the molecule is COc1cc(C)c(S(=O)(=O)N2CCCC(OCC(=O)NC3CCC(C(c4cccc(F)c4)N(C)C)CC3)C2)c(C)c1C. The van der Waals surface area contributed by atoms with Crippen molar-refractivity contribution in [2.75, 3.05) is 40.9 Å². The largest absolute Gasteiger partial charge is 0.496 e. The van der Waals surface area contributed by atoms with Crippen molar-refractivity contribution in [1.82, 2.24) is 14.5 Å². The summed E-state index contributed by atoms with van der Waals surface area (Å²) in [6.07, 6.45) is 4.60. The summed E-state index contributed by atoms with van der Waals surface area (Å²) in [4.78, 5) is 15.3. The summed E-state index contributed by atoms with van der Waals surface area (Å²) in [6, 6.07) is 8.80. The number of carbonyl (C=O) groups is 1. The lowest BCUT2D eigenvalue weighted by Crippen LogP contribution is -2.45. The van der Waals surface area contributed by atoms with Gasteiger partial charge in [0, 0.05) is 25.2 Å². The number of aryl methyl sites for hydroxylation is 1. The van der Waals surface area contributed by atoms with Crippen LogP contribution in [0.5, 0.6) is 5.75 Å². The minimum absolute atomic E-state index is 0.0696. The van der Waals surface area contributed by atoms with Gasteiger partial charge >= 0.3 is 0 Å². The number of hydrogen-bond donors (Lipinski definition) is 1. The van der Waals surface area contributed by atoms with E-state index in [1.807, 2.05) is 34.0 Å². The predicted molar refractivity (Wildman–Crippen MR) is 162 cm³/mol. The highest BCUT2D eigenvalue weighted by Gasteiger charge is 2.34. The molecule has 0 spiro atoms. The van der Waals surface area contributed by atoms with Gasteiger partial charge in [-0.1, -0.05) is 12.1 Å². The van der Waals surface area contributed by atoms with Crippen molar-refractivity contribution in [1.29, 1.82) is 0 Å². The number of ether oxygens (including phenoxy) is 2. The van der Waals surface area contributed by atoms with Crippen LogP contribution in [-0.4, -0.2) is 76.6 Å². The molecule has 10 heteroatoms. The smallest absolute Gasteiger partial charge is 0.246 e. The lowest BCUT2D eigenvalue weighted by molar-refractivity contribution is -0.129. The molecule has 2 aromatic carbocycles. The molecule has 1 amide bonds. The summed E-state index contributed by atoms with van der Waals surface area (Å²) in [5, 5.41) is 3.11. The Labute approximate surface area is 250 Å². The molecule has 8 nitrogen and oxygen atoms in total. The summed E-state index contributed by atoms with van der Waals surface area (Å²) >= 11 is 0. The molecule has 1 saturated heterocycles. The van der Waals surface area contributed by atoms with Crippen LogP contribution in [0, 0.1) is 32.5 Å². The third kappa shape index (κ3) is 7.33. The Morgan fingerprint density at radius 2 is 1.81 bits per heavy atom. The van der Waals surface area contributed by atoms with Crippen molar-refractivity contribution in [2.45, 2.75) is 82.4 Å². The van der Waals surface area contributed by atoms with E-state index in [2.05, 4.69) is 10.2 Å². The van der Waals surface area contributed by atoms with E-state index in [0.717, 1.165) is 36.8 Å². The number of rotatable bonds is 10. The van der Waals surface area contributed by atoms with Gasteiger partial charge in [0.25, 0.3) is 0 Å². The third-order valence-electron chi connectivity index (χ3n) is 8.92. The number of sulfonamides is 1. The van der Waals surface area contributed by atoms with E-state index in [4.69, 9.17) is 9.47 Å². The van der Waals surface area contributed by atoms with Gasteiger partial charge in [-0.25, -0.2) is 12.8 Å². The summed E-state index contributed by atoms with van der Waals surface area (Å²) in [5.41, 5.74) is 3.14. The second kappa shape index (κ2) is 13.8. The molecule has 2 aromatic rings. The molecule has 232 valence electrons. The van der Waals surface area contributed by atoms with E-state index in [-0.39, 0.29) is 43.1 Å². The fourth-order valence-electron chi connectivity index (χ4n) is 6.74. The lowest BCUT2D eigenvalue weighted by atomic mass is 9.78. The second-order valence-electron chi connectivity index (χ2n) is 12.1. The van der Waals surface area contributed by atoms with Crippen molar-refractivity contribution < 1.29 is 27.1 Å². The van der Waals surface area contributed by atoms with Crippen LogP contribution in [0.3, 0.4) is 0 Å². The van der Waals surface area contributed by atoms with Crippen molar-refractivity contribution >= 4 is 15.9 Å². The van der Waals surface area contributed by atoms with Gasteiger partial charge in [0.1, 0.15) is 18.2 Å². The van der Waals surface area contributed by atoms with E-state index in [9.17, 15) is 17.6 Å². The van der Waals surface area contributed by atoms with Gasteiger partial charge in [-0.05, 0) is 120 Å². The molecular formula is C32H46FN3O5S. The van der Waals surface area contributed by atoms with E-state index < -0.39 is 10.0 Å². The van der Waals surface area contributed by atoms with Gasteiger partial charge in [-0.15, -0.1) is 0 Å². The molecule has 1 aliphatic carbocycles. The number of nitrogens with one attached hydrogen (secondary N) is 1. The molecule has 0 bridgehead atoms. The Kier molecular flexibility index (Phi) is 10.7. The van der Waals surface area contributed by atoms with Gasteiger partial charge in [0.15, 0.2) is 0 Å². The number of carbonyl (C=O) groups excluding carboxylic acids is 1. The van der Waals surface area contributed by atoms with Crippen molar-refractivity contribution in [3.63, 3.8) is 0 Å². The molecule has 0 radical (unpaired) electrons. The molecule has 0 aromatic heterocycles. The summed E-state index contributed by atoms with van der Waals surface area (Å²) in [6.45, 7) is 6.02. The van der Waals surface area contributed by atoms with Crippen molar-refractivity contribution in [3.05, 3.63) is 58.4 Å². The van der Waals surface area contributed by atoms with Gasteiger partial charge in [-0.3, -0.25) is 4.79 Å². The van der Waals surface area contributed by atoms with Crippen LogP contribution in [0.4, 0.5) is 4.39 Å². The van der Waals surface area contributed by atoms with Gasteiger partial charge in [0.2, 0.25) is 15.9 Å². The minimum Gasteiger partial charge on any atom is -0.496 e. The molecule has 1 heterocycles. The van der Waals surface area contributed by atoms with Gasteiger partial charge in [-0.2, -0.15) is 4.31 Å². The molecular weight excluding hydrogens is 557 g/mol. The quantitative estimate of drug-likeness (QED) is 0.416. The first-order valence-corrected chi connectivity index (χ1v) is 16.3. The first kappa shape index (κ1) is 32.4. The molecule has 1 aliphatic heterocycles. The molecule has 2 atom stereocenters. The average Bonchev–Trinajstić information content (AvgIpc) is 2.95. The molecule has 1 N–H and O–H groups in total. The van der Waals surface area contributed by atoms with E-state index >= 15 is 0 Å². The van der Waals surface area contributed by atoms with Crippen molar-refractivity contribution in [3.8, 4) is 5.75 Å². The highest BCUT2D eigenvalue weighted by molar-refractivity contribution is 7.89. The van der Waals surface area contributed by atoms with E-state index in [1.54, 1.807) is 32.2 Å². The molecule has 1 saturated carbocycles. The van der Waals surface area contributed by atoms with Crippen LogP contribution in [-0.2, 0) is 19.6 Å². The number of methoxy groups -OCH3 is 1. The number of nitrogens with zero attached hydrogens (tertiary/aromatic N) is 2. The van der Waals surface area contributed by atoms with Gasteiger partial charge < -0.3 is 19.7 Å². The second-order valence-corrected chi connectivity index (χ2v) is 13.9. The predicted octanol–water partition coefficient (Wildman–Crippen LogP) is 4.91. The Morgan fingerprint density at radius 3 is 2.45 bits per heavy atom. The fraction of sp³-hybridized carbons (Fsp3) is 0.594. The van der Waals surface area contributed by atoms with Crippen LogP contribution >= 0.6 is 0 Å². The monoisotopic (exact) mass is 603 g/mol. The molecule has 4 rings (SSSR count). The maximum absolute atomic E-state index is 13.9. The van der Waals surface area contributed by atoms with E-state index in [0.29, 0.717) is 47.1 Å². The van der Waals surface area contributed by atoms with Crippen LogP contribution in [0.25, 0.3) is 0 Å². The molecule has 2 unspecified atom stereocenters. The Hall–Kier alpha value is -2.53. The first-order chi connectivity index (χ1) is 19.9. The first-order valence-electron chi connectivity index (χ1n) is 14.9. The zero-order valence-corrected chi connectivity index (χ0v) is 26.6. The van der Waals surface area contributed by atoms with Crippen LogP contribution in [0.2, 0.25) is 0 Å². The van der Waals surface area contributed by atoms with Crippen LogP contribution < -0.4 is 10.1 Å². The minimum atomic E-state index is -3.73. The lowest BCUT2D eigenvalue weighted by Gasteiger charge is -2.38. The maximum Gasteiger partial charge on any atom is 0.246 e. The van der Waals surface area contributed by atoms with E-state index in [1.165, 1.54) is 10.4 Å². The number of amides is 1. The number of halogens is 1. The number of piperidine rings is 1. The average molecular weight is 604 g/mol. The Balaban J connectivity index is 1.29. The fourth-order valence-corrected chi connectivity index (χ4v) is 8.74. The zero-order chi connectivity index (χ0) is 30.6. The molecule has 42 heavy (non-hydrogen) atoms. The molecule has 2 aliphatic rings. The summed E-state index contributed by atoms with van der Waals surface area (Å²) in [7, 11) is 1.90. The normalized spacial score (nSPS) is 22.6. The topological polar surface area (TPSA) is 88.2 Å². The van der Waals surface area contributed by atoms with Gasteiger partial charge in [0.05, 0.1) is 18.1 Å². The summed E-state index contributed by atoms with van der Waals surface area (Å²) in [5.74, 6) is 0.653. The maximum atomic E-state index is 13.9. The number of hydrogen-bond acceptors (Lipinski definition) is 6. The Bertz CT molecular complexity index is 1360. The van der Waals surface area contributed by atoms with Crippen LogP contribution in [0.15, 0.2) is 35.2 Å². The highest BCUT2D eigenvalue weighted by Crippen LogP contribution is 2.38. The molecule has 2 fully saturated rings. The Morgan fingerprint density at radius 1 is 1.10 bits per heavy atom. The van der Waals surface area contributed by atoms with Crippen molar-refractivity contribution in [2.24, 2.45) is 5.92 Å². The number of benzene rings is 2. The summed E-state index contributed by atoms with van der Waals surface area (Å²) < 4.78 is 54.1. The zero-order valence-electron chi connectivity index (χ0n) is 25.8. The highest BCUT2D eigenvalue weighted by atomic mass is 32.2. The third-order valence-corrected chi connectivity index (χ3v) is 11.1. The standard InChI is InChI=1S/C32H46FN3O5S/c1-21-17-29(40-6)22(2)23(3)32(21)42(38,39)36-16-8-11-28(19-36)41-20-30(37)34-27-14-12-24(13-15-27)31(35(4)5)25-9-7-10-26(33)18-25/h7,9-10,17-18,24,27-28,31H,8,11-16,19-20H2,1-6H3,(H,34,37).